The van der Waals surface area contributed by atoms with Crippen LogP contribution in [0.3, 0.4) is 0 Å². The van der Waals surface area contributed by atoms with Crippen LogP contribution in [0.2, 0.25) is 0 Å². The van der Waals surface area contributed by atoms with E-state index in [0.717, 1.165) is 6.07 Å². The highest BCUT2D eigenvalue weighted by Gasteiger charge is 2.27. The number of ether oxygens (including phenoxy) is 2. The van der Waals surface area contributed by atoms with Crippen molar-refractivity contribution in [2.24, 2.45) is 0 Å². The van der Waals surface area contributed by atoms with Crippen molar-refractivity contribution in [3.63, 3.8) is 0 Å². The number of methoxy groups -OCH3 is 1. The summed E-state index contributed by atoms with van der Waals surface area (Å²) in [4.78, 5) is 21.8. The molecule has 0 unspecified atom stereocenters. The first kappa shape index (κ1) is 13.4. The largest absolute Gasteiger partial charge is 0.490 e. The summed E-state index contributed by atoms with van der Waals surface area (Å²) in [6.45, 7) is 1.66. The Bertz CT molecular complexity index is 533. The number of benzene rings is 1. The number of hydrogen-bond donors (Lipinski definition) is 0. The monoisotopic (exact) mass is 250 g/mol. The van der Waals surface area contributed by atoms with E-state index < -0.39 is 16.6 Å². The predicted molar refractivity (Wildman–Crippen MR) is 60.3 cm³/mol. The normalized spacial score (nSPS) is 9.39. The van der Waals surface area contributed by atoms with E-state index in [1.807, 2.05) is 0 Å². The maximum absolute atomic E-state index is 11.6. The lowest BCUT2D eigenvalue weighted by atomic mass is 10.1. The summed E-state index contributed by atoms with van der Waals surface area (Å²) in [5.41, 5.74) is -0.715. The van der Waals surface area contributed by atoms with Gasteiger partial charge in [0.15, 0.2) is 5.75 Å². The summed E-state index contributed by atoms with van der Waals surface area (Å²) in [7, 11) is 1.22. The van der Waals surface area contributed by atoms with Gasteiger partial charge in [-0.2, -0.15) is 5.26 Å². The first-order valence-corrected chi connectivity index (χ1v) is 4.98. The van der Waals surface area contributed by atoms with Crippen LogP contribution in [0.5, 0.6) is 5.75 Å². The first-order chi connectivity index (χ1) is 8.54. The van der Waals surface area contributed by atoms with Crippen LogP contribution < -0.4 is 4.74 Å². The summed E-state index contributed by atoms with van der Waals surface area (Å²) >= 11 is 0. The van der Waals surface area contributed by atoms with Crippen LogP contribution in [-0.2, 0) is 4.74 Å². The minimum atomic E-state index is -0.861. The molecule has 7 nitrogen and oxygen atoms in total. The summed E-state index contributed by atoms with van der Waals surface area (Å²) in [5.74, 6) is -1.01. The fraction of sp³-hybridized carbons (Fsp3) is 0.273. The molecule has 0 radical (unpaired) electrons. The zero-order valence-corrected chi connectivity index (χ0v) is 9.80. The van der Waals surface area contributed by atoms with E-state index >= 15 is 0 Å². The van der Waals surface area contributed by atoms with Gasteiger partial charge in [0.1, 0.15) is 5.56 Å². The summed E-state index contributed by atoms with van der Waals surface area (Å²) < 4.78 is 9.53. The van der Waals surface area contributed by atoms with Crippen LogP contribution in [-0.4, -0.2) is 24.6 Å². The average Bonchev–Trinajstić information content (AvgIpc) is 2.36. The van der Waals surface area contributed by atoms with Gasteiger partial charge in [0.25, 0.3) is 0 Å². The van der Waals surface area contributed by atoms with Gasteiger partial charge in [-0.3, -0.25) is 10.1 Å². The molecule has 94 valence electrons. The lowest BCUT2D eigenvalue weighted by molar-refractivity contribution is -0.386. The predicted octanol–water partition coefficient (Wildman–Crippen LogP) is 1.65. The van der Waals surface area contributed by atoms with Crippen molar-refractivity contribution in [1.82, 2.24) is 0 Å². The number of carbonyl (C=O) groups is 1. The maximum Gasteiger partial charge on any atom is 0.345 e. The minimum Gasteiger partial charge on any atom is -0.490 e. The van der Waals surface area contributed by atoms with Gasteiger partial charge < -0.3 is 9.47 Å². The van der Waals surface area contributed by atoms with Gasteiger partial charge in [-0.15, -0.1) is 0 Å². The van der Waals surface area contributed by atoms with Crippen LogP contribution in [0.15, 0.2) is 12.1 Å². The van der Waals surface area contributed by atoms with Crippen molar-refractivity contribution in [3.8, 4) is 11.8 Å². The number of nitrogens with zero attached hydrogens (tertiary/aromatic N) is 2. The molecule has 0 bridgehead atoms. The van der Waals surface area contributed by atoms with Gasteiger partial charge >= 0.3 is 11.7 Å². The Kier molecular flexibility index (Phi) is 4.21. The lowest BCUT2D eigenvalue weighted by Crippen LogP contribution is -2.09. The standard InChI is InChI=1S/C11H10N2O5/c1-3-18-11(14)8-4-7(6-12)5-9(17-2)10(8)13(15)16/h4-5H,3H2,1-2H3. The summed E-state index contributed by atoms with van der Waals surface area (Å²) in [6.07, 6.45) is 0. The zero-order valence-electron chi connectivity index (χ0n) is 9.80. The molecule has 0 atom stereocenters. The van der Waals surface area contributed by atoms with Crippen LogP contribution in [0.4, 0.5) is 5.69 Å². The van der Waals surface area contributed by atoms with Crippen LogP contribution >= 0.6 is 0 Å². The fourth-order valence-corrected chi connectivity index (χ4v) is 1.38. The third kappa shape index (κ3) is 2.55. The molecule has 0 amide bonds. The first-order valence-electron chi connectivity index (χ1n) is 4.98. The van der Waals surface area contributed by atoms with E-state index in [9.17, 15) is 14.9 Å². The Balaban J connectivity index is 3.50. The SMILES string of the molecule is CCOC(=O)c1cc(C#N)cc(OC)c1[N+](=O)[O-]. The second kappa shape index (κ2) is 5.63. The maximum atomic E-state index is 11.6. The van der Waals surface area contributed by atoms with Crippen LogP contribution in [0.1, 0.15) is 22.8 Å². The number of carbonyl (C=O) groups excluding carboxylic acids is 1. The Hall–Kier alpha value is -2.62. The molecule has 0 saturated carbocycles. The van der Waals surface area contributed by atoms with Gasteiger partial charge in [-0.05, 0) is 13.0 Å². The number of rotatable bonds is 4. The Morgan fingerprint density at radius 1 is 1.56 bits per heavy atom. The molecule has 0 aromatic heterocycles. The van der Waals surface area contributed by atoms with E-state index in [1.165, 1.54) is 13.2 Å². The quantitative estimate of drug-likeness (QED) is 0.457. The van der Waals surface area contributed by atoms with Crippen LogP contribution in [0, 0.1) is 21.4 Å². The lowest BCUT2D eigenvalue weighted by Gasteiger charge is -2.07. The van der Waals surface area contributed by atoms with Gasteiger partial charge in [0, 0.05) is 6.07 Å². The number of nitro groups is 1. The molecule has 1 aromatic carbocycles. The van der Waals surface area contributed by atoms with Crippen molar-refractivity contribution in [2.45, 2.75) is 6.92 Å². The smallest absolute Gasteiger partial charge is 0.345 e. The van der Waals surface area contributed by atoms with Crippen molar-refractivity contribution in [1.29, 1.82) is 5.26 Å². The Morgan fingerprint density at radius 2 is 2.22 bits per heavy atom. The molecule has 0 aliphatic heterocycles. The zero-order chi connectivity index (χ0) is 13.7. The molecular formula is C11H10N2O5. The molecule has 0 saturated heterocycles. The third-order valence-corrected chi connectivity index (χ3v) is 2.10. The summed E-state index contributed by atoms with van der Waals surface area (Å²) in [5, 5.41) is 19.7. The fourth-order valence-electron chi connectivity index (χ4n) is 1.38. The molecule has 0 spiro atoms. The summed E-state index contributed by atoms with van der Waals surface area (Å²) in [6, 6.07) is 4.10. The molecule has 1 rings (SSSR count). The Labute approximate surface area is 103 Å². The van der Waals surface area contributed by atoms with Gasteiger partial charge in [-0.1, -0.05) is 0 Å². The third-order valence-electron chi connectivity index (χ3n) is 2.10. The number of nitro benzene ring substituents is 1. The second-order valence-corrected chi connectivity index (χ2v) is 3.16. The molecule has 18 heavy (non-hydrogen) atoms. The molecule has 7 heteroatoms. The van der Waals surface area contributed by atoms with Gasteiger partial charge in [0.2, 0.25) is 0 Å². The molecule has 0 N–H and O–H groups in total. The van der Waals surface area contributed by atoms with E-state index in [-0.39, 0.29) is 23.5 Å². The molecular weight excluding hydrogens is 240 g/mol. The molecule has 1 aromatic rings. The van der Waals surface area contributed by atoms with E-state index in [0.29, 0.717) is 0 Å². The average molecular weight is 250 g/mol. The van der Waals surface area contributed by atoms with Crippen molar-refractivity contribution < 1.29 is 19.2 Å². The number of hydrogen-bond acceptors (Lipinski definition) is 6. The van der Waals surface area contributed by atoms with Crippen LogP contribution in [0.25, 0.3) is 0 Å². The van der Waals surface area contributed by atoms with E-state index in [4.69, 9.17) is 14.7 Å². The highest BCUT2D eigenvalue weighted by Crippen LogP contribution is 2.32. The van der Waals surface area contributed by atoms with Gasteiger partial charge in [-0.25, -0.2) is 4.79 Å². The molecule has 0 heterocycles. The van der Waals surface area contributed by atoms with E-state index in [1.54, 1.807) is 13.0 Å². The topological polar surface area (TPSA) is 102 Å². The van der Waals surface area contributed by atoms with E-state index in [2.05, 4.69) is 0 Å². The number of esters is 1. The molecule has 0 aliphatic carbocycles. The minimum absolute atomic E-state index is 0.0785. The molecule has 0 fully saturated rings. The van der Waals surface area contributed by atoms with Crippen molar-refractivity contribution >= 4 is 11.7 Å². The van der Waals surface area contributed by atoms with Gasteiger partial charge in [0.05, 0.1) is 30.3 Å². The van der Waals surface area contributed by atoms with Crippen molar-refractivity contribution in [3.05, 3.63) is 33.4 Å². The highest BCUT2D eigenvalue weighted by molar-refractivity contribution is 5.95. The highest BCUT2D eigenvalue weighted by atomic mass is 16.6. The van der Waals surface area contributed by atoms with Crippen molar-refractivity contribution in [2.75, 3.05) is 13.7 Å². The molecule has 0 aliphatic rings. The Morgan fingerprint density at radius 3 is 2.67 bits per heavy atom. The number of nitriles is 1. The second-order valence-electron chi connectivity index (χ2n) is 3.16.